The number of nitrogens with two attached hydrogens (primary N) is 1. The van der Waals surface area contributed by atoms with E-state index in [4.69, 9.17) is 5.73 Å². The Labute approximate surface area is 162 Å². The van der Waals surface area contributed by atoms with Gasteiger partial charge in [0.15, 0.2) is 0 Å². The quantitative estimate of drug-likeness (QED) is 0.795. The Bertz CT molecular complexity index is 650. The fourth-order valence-electron chi connectivity index (χ4n) is 2.50. The van der Waals surface area contributed by atoms with Gasteiger partial charge in [0.05, 0.1) is 5.92 Å². The van der Waals surface area contributed by atoms with E-state index in [2.05, 4.69) is 16.3 Å². The number of rotatable bonds is 6. The molecule has 0 saturated carbocycles. The van der Waals surface area contributed by atoms with Gasteiger partial charge in [-0.25, -0.2) is 0 Å². The Kier molecular flexibility index (Phi) is 10.4. The molecule has 0 aliphatic heterocycles. The summed E-state index contributed by atoms with van der Waals surface area (Å²) in [6.07, 6.45) is 0. The van der Waals surface area contributed by atoms with Crippen LogP contribution in [0.5, 0.6) is 0 Å². The summed E-state index contributed by atoms with van der Waals surface area (Å²) in [5, 5.41) is 2.97. The minimum Gasteiger partial charge on any atom is -0.326 e. The highest BCUT2D eigenvalue weighted by Gasteiger charge is 2.22. The van der Waals surface area contributed by atoms with Gasteiger partial charge < -0.3 is 16.0 Å². The van der Waals surface area contributed by atoms with Gasteiger partial charge >= 0.3 is 0 Å². The molecule has 2 aromatic rings. The summed E-state index contributed by atoms with van der Waals surface area (Å²) < 4.78 is 0. The number of benzene rings is 2. The van der Waals surface area contributed by atoms with Gasteiger partial charge in [-0.3, -0.25) is 4.79 Å². The molecule has 0 fully saturated rings. The number of hydrogen-bond donors (Lipinski definition) is 2. The van der Waals surface area contributed by atoms with E-state index in [0.29, 0.717) is 0 Å². The predicted molar refractivity (Wildman–Crippen MR) is 109 cm³/mol. The van der Waals surface area contributed by atoms with E-state index in [0.717, 1.165) is 23.4 Å². The zero-order chi connectivity index (χ0) is 16.8. The van der Waals surface area contributed by atoms with E-state index in [1.165, 1.54) is 0 Å². The van der Waals surface area contributed by atoms with Crippen molar-refractivity contribution in [2.75, 3.05) is 19.4 Å². The molecule has 0 spiro atoms. The topological polar surface area (TPSA) is 58.4 Å². The zero-order valence-electron chi connectivity index (χ0n) is 14.8. The minimum absolute atomic E-state index is 0. The van der Waals surface area contributed by atoms with Crippen LogP contribution in [0.2, 0.25) is 0 Å². The monoisotopic (exact) mass is 383 g/mol. The molecule has 6 heteroatoms. The lowest BCUT2D eigenvalue weighted by atomic mass is 9.94. The first-order valence-corrected chi connectivity index (χ1v) is 7.82. The number of nitrogens with one attached hydrogen (secondary N) is 1. The number of halogens is 2. The van der Waals surface area contributed by atoms with Crippen molar-refractivity contribution in [1.29, 1.82) is 0 Å². The van der Waals surface area contributed by atoms with Crippen LogP contribution in [0.1, 0.15) is 24.1 Å². The molecule has 0 aromatic heterocycles. The highest BCUT2D eigenvalue weighted by Crippen LogP contribution is 2.21. The van der Waals surface area contributed by atoms with Crippen LogP contribution in [-0.2, 0) is 11.3 Å². The Morgan fingerprint density at radius 1 is 1.08 bits per heavy atom. The zero-order valence-corrected chi connectivity index (χ0v) is 16.4. The molecule has 3 N–H and O–H groups in total. The Morgan fingerprint density at radius 2 is 1.72 bits per heavy atom. The second-order valence-electron chi connectivity index (χ2n) is 6.15. The third kappa shape index (κ3) is 7.04. The molecule has 0 radical (unpaired) electrons. The van der Waals surface area contributed by atoms with Crippen LogP contribution in [0, 0.1) is 5.92 Å². The highest BCUT2D eigenvalue weighted by molar-refractivity contribution is 5.93. The third-order valence-corrected chi connectivity index (χ3v) is 3.83. The van der Waals surface area contributed by atoms with Gasteiger partial charge in [0, 0.05) is 18.3 Å². The average molecular weight is 384 g/mol. The molecule has 0 aliphatic rings. The molecule has 0 aliphatic carbocycles. The maximum atomic E-state index is 12.5. The Balaban J connectivity index is 0.00000288. The average Bonchev–Trinajstić information content (AvgIpc) is 2.54. The Hall–Kier alpha value is -1.59. The van der Waals surface area contributed by atoms with Crippen molar-refractivity contribution in [3.8, 4) is 0 Å². The van der Waals surface area contributed by atoms with E-state index in [-0.39, 0.29) is 42.7 Å². The van der Waals surface area contributed by atoms with E-state index >= 15 is 0 Å². The molecule has 1 amide bonds. The van der Waals surface area contributed by atoms with Crippen molar-refractivity contribution in [2.45, 2.75) is 19.5 Å². The molecule has 2 unspecified atom stereocenters. The van der Waals surface area contributed by atoms with Crippen LogP contribution in [-0.4, -0.2) is 24.9 Å². The lowest BCUT2D eigenvalue weighted by molar-refractivity contribution is -0.120. The number of carbonyl (C=O) groups is 1. The summed E-state index contributed by atoms with van der Waals surface area (Å²) >= 11 is 0. The molecule has 0 heterocycles. The number of amides is 1. The summed E-state index contributed by atoms with van der Waals surface area (Å²) in [6.45, 7) is 2.69. The van der Waals surface area contributed by atoms with Crippen LogP contribution >= 0.6 is 24.8 Å². The van der Waals surface area contributed by atoms with Crippen molar-refractivity contribution in [1.82, 2.24) is 4.90 Å². The summed E-state index contributed by atoms with van der Waals surface area (Å²) in [5.41, 5.74) is 9.16. The molecule has 2 aromatic carbocycles. The van der Waals surface area contributed by atoms with Gasteiger partial charge in [-0.15, -0.1) is 24.8 Å². The number of nitrogens with zero attached hydrogens (tertiary/aromatic N) is 1. The smallest absolute Gasteiger partial charge is 0.229 e. The van der Waals surface area contributed by atoms with Crippen LogP contribution in [0.3, 0.4) is 0 Å². The normalized spacial score (nSPS) is 12.5. The van der Waals surface area contributed by atoms with Crippen molar-refractivity contribution >= 4 is 36.4 Å². The molecular formula is C19H27Cl2N3O. The second-order valence-corrected chi connectivity index (χ2v) is 6.15. The largest absolute Gasteiger partial charge is 0.326 e. The van der Waals surface area contributed by atoms with Crippen molar-refractivity contribution in [2.24, 2.45) is 11.7 Å². The number of carbonyl (C=O) groups excluding carboxylic acids is 1. The first-order valence-electron chi connectivity index (χ1n) is 7.82. The first-order chi connectivity index (χ1) is 11.0. The predicted octanol–water partition coefficient (Wildman–Crippen LogP) is 3.87. The summed E-state index contributed by atoms with van der Waals surface area (Å²) in [7, 11) is 4.04. The van der Waals surface area contributed by atoms with Gasteiger partial charge in [-0.05, 0) is 37.4 Å². The van der Waals surface area contributed by atoms with E-state index < -0.39 is 0 Å². The fraction of sp³-hybridized carbons (Fsp3) is 0.316. The van der Waals surface area contributed by atoms with E-state index in [1.807, 2.05) is 69.6 Å². The molecule has 138 valence electrons. The summed E-state index contributed by atoms with van der Waals surface area (Å²) in [4.78, 5) is 14.6. The van der Waals surface area contributed by atoms with Crippen molar-refractivity contribution < 1.29 is 4.79 Å². The van der Waals surface area contributed by atoms with Gasteiger partial charge in [-0.1, -0.05) is 49.4 Å². The fourth-order valence-corrected chi connectivity index (χ4v) is 2.50. The van der Waals surface area contributed by atoms with Crippen LogP contribution in [0.15, 0.2) is 54.6 Å². The molecule has 0 bridgehead atoms. The van der Waals surface area contributed by atoms with E-state index in [1.54, 1.807) is 0 Å². The molecule has 2 rings (SSSR count). The maximum Gasteiger partial charge on any atom is 0.229 e. The number of anilines is 1. The highest BCUT2D eigenvalue weighted by atomic mass is 35.5. The van der Waals surface area contributed by atoms with Gasteiger partial charge in [0.25, 0.3) is 0 Å². The van der Waals surface area contributed by atoms with Crippen LogP contribution in [0.4, 0.5) is 5.69 Å². The summed E-state index contributed by atoms with van der Waals surface area (Å²) in [5.74, 6) is -0.377. The molecular weight excluding hydrogens is 357 g/mol. The molecule has 2 atom stereocenters. The van der Waals surface area contributed by atoms with Crippen LogP contribution < -0.4 is 11.1 Å². The minimum atomic E-state index is -0.318. The van der Waals surface area contributed by atoms with Crippen LogP contribution in [0.25, 0.3) is 0 Å². The Morgan fingerprint density at radius 3 is 2.32 bits per heavy atom. The SMILES string of the molecule is CC(C(=O)Nc1cccc(CN(C)C)c1)C(N)c1ccccc1.Cl.Cl. The molecule has 25 heavy (non-hydrogen) atoms. The number of hydrogen-bond acceptors (Lipinski definition) is 3. The van der Waals surface area contributed by atoms with E-state index in [9.17, 15) is 4.79 Å². The van der Waals surface area contributed by atoms with Gasteiger partial charge in [-0.2, -0.15) is 0 Å². The summed E-state index contributed by atoms with van der Waals surface area (Å²) in [6, 6.07) is 17.3. The first kappa shape index (κ1) is 23.4. The van der Waals surface area contributed by atoms with Crippen molar-refractivity contribution in [3.05, 3.63) is 65.7 Å². The van der Waals surface area contributed by atoms with Gasteiger partial charge in [0.1, 0.15) is 0 Å². The molecule has 0 saturated heterocycles. The second kappa shape index (κ2) is 11.1. The van der Waals surface area contributed by atoms with Crippen molar-refractivity contribution in [3.63, 3.8) is 0 Å². The standard InChI is InChI=1S/C19H25N3O.2ClH/c1-14(18(20)16-9-5-4-6-10-16)19(23)21-17-11-7-8-15(12-17)13-22(2)3;;/h4-12,14,18H,13,20H2,1-3H3,(H,21,23);2*1H. The lowest BCUT2D eigenvalue weighted by Crippen LogP contribution is -2.30. The lowest BCUT2D eigenvalue weighted by Gasteiger charge is -2.20. The molecule has 4 nitrogen and oxygen atoms in total. The third-order valence-electron chi connectivity index (χ3n) is 3.83. The van der Waals surface area contributed by atoms with Gasteiger partial charge in [0.2, 0.25) is 5.91 Å². The maximum absolute atomic E-state index is 12.5.